The first kappa shape index (κ1) is 12.8. The van der Waals surface area contributed by atoms with Crippen LogP contribution in [0.4, 0.5) is 20.2 Å². The second-order valence-corrected chi connectivity index (χ2v) is 4.80. The Bertz CT molecular complexity index is 540. The van der Waals surface area contributed by atoms with E-state index in [0.717, 1.165) is 10.6 Å². The molecule has 0 radical (unpaired) electrons. The van der Waals surface area contributed by atoms with Crippen LogP contribution in [0.15, 0.2) is 23.7 Å². The molecule has 3 N–H and O–H groups in total. The first-order valence-electron chi connectivity index (χ1n) is 5.38. The van der Waals surface area contributed by atoms with E-state index in [1.54, 1.807) is 17.6 Å². The average Bonchev–Trinajstić information content (AvgIpc) is 2.73. The van der Waals surface area contributed by atoms with Crippen LogP contribution in [-0.4, -0.2) is 4.98 Å². The number of aryl methyl sites for hydroxylation is 1. The molecule has 0 unspecified atom stereocenters. The molecule has 0 fully saturated rings. The van der Waals surface area contributed by atoms with E-state index in [1.165, 1.54) is 17.4 Å². The summed E-state index contributed by atoms with van der Waals surface area (Å²) in [6, 6.07) is 4.48. The molecule has 0 aliphatic carbocycles. The molecule has 96 valence electrons. The van der Waals surface area contributed by atoms with Crippen LogP contribution in [0.5, 0.6) is 0 Å². The molecule has 0 aliphatic heterocycles. The van der Waals surface area contributed by atoms with Gasteiger partial charge in [-0.3, -0.25) is 0 Å². The van der Waals surface area contributed by atoms with Gasteiger partial charge in [0, 0.05) is 21.8 Å². The summed E-state index contributed by atoms with van der Waals surface area (Å²) in [7, 11) is 0. The number of aromatic nitrogens is 1. The molecule has 0 saturated heterocycles. The Labute approximate surface area is 108 Å². The van der Waals surface area contributed by atoms with E-state index in [9.17, 15) is 8.78 Å². The number of alkyl halides is 2. The molecule has 0 saturated carbocycles. The average molecular weight is 269 g/mol. The Hall–Kier alpha value is -1.69. The van der Waals surface area contributed by atoms with E-state index in [4.69, 9.17) is 5.73 Å². The highest BCUT2D eigenvalue weighted by atomic mass is 32.1. The maximum absolute atomic E-state index is 12.8. The minimum Gasteiger partial charge on any atom is -0.399 e. The SMILES string of the molecule is Cc1ncsc1CNc1ccc(N)cc1C(F)F. The van der Waals surface area contributed by atoms with Crippen LogP contribution in [0.25, 0.3) is 0 Å². The largest absolute Gasteiger partial charge is 0.399 e. The zero-order chi connectivity index (χ0) is 13.1. The molecular formula is C12H13F2N3S. The number of thiazole rings is 1. The summed E-state index contributed by atoms with van der Waals surface area (Å²) in [5.41, 5.74) is 8.84. The van der Waals surface area contributed by atoms with Crippen LogP contribution in [0.3, 0.4) is 0 Å². The monoisotopic (exact) mass is 269 g/mol. The topological polar surface area (TPSA) is 50.9 Å². The van der Waals surface area contributed by atoms with Gasteiger partial charge in [-0.2, -0.15) is 0 Å². The van der Waals surface area contributed by atoms with Gasteiger partial charge in [-0.05, 0) is 25.1 Å². The summed E-state index contributed by atoms with van der Waals surface area (Å²) >= 11 is 1.50. The number of rotatable bonds is 4. The van der Waals surface area contributed by atoms with Gasteiger partial charge in [0.2, 0.25) is 0 Å². The van der Waals surface area contributed by atoms with Gasteiger partial charge in [0.1, 0.15) is 0 Å². The van der Waals surface area contributed by atoms with Crippen molar-refractivity contribution in [2.45, 2.75) is 19.9 Å². The van der Waals surface area contributed by atoms with Crippen molar-refractivity contribution in [2.75, 3.05) is 11.1 Å². The number of hydrogen-bond donors (Lipinski definition) is 2. The smallest absolute Gasteiger partial charge is 0.265 e. The number of hydrogen-bond acceptors (Lipinski definition) is 4. The van der Waals surface area contributed by atoms with Crippen molar-refractivity contribution in [1.82, 2.24) is 4.98 Å². The zero-order valence-electron chi connectivity index (χ0n) is 9.78. The van der Waals surface area contributed by atoms with Gasteiger partial charge in [0.25, 0.3) is 6.43 Å². The van der Waals surface area contributed by atoms with Crippen molar-refractivity contribution >= 4 is 22.7 Å². The Kier molecular flexibility index (Phi) is 3.76. The maximum atomic E-state index is 12.8. The summed E-state index contributed by atoms with van der Waals surface area (Å²) in [5.74, 6) is 0. The molecular weight excluding hydrogens is 256 g/mol. The molecule has 18 heavy (non-hydrogen) atoms. The van der Waals surface area contributed by atoms with Crippen molar-refractivity contribution in [1.29, 1.82) is 0 Å². The molecule has 3 nitrogen and oxygen atoms in total. The number of anilines is 2. The van der Waals surface area contributed by atoms with Crippen molar-refractivity contribution in [2.24, 2.45) is 0 Å². The van der Waals surface area contributed by atoms with Gasteiger partial charge in [-0.1, -0.05) is 0 Å². The molecule has 2 aromatic rings. The standard InChI is InChI=1S/C12H13F2N3S/c1-7-11(18-6-17-7)5-16-10-3-2-8(15)4-9(10)12(13)14/h2-4,6,12,16H,5,15H2,1H3. The summed E-state index contributed by atoms with van der Waals surface area (Å²) in [4.78, 5) is 5.15. The number of nitrogen functional groups attached to an aromatic ring is 1. The highest BCUT2D eigenvalue weighted by Crippen LogP contribution is 2.29. The van der Waals surface area contributed by atoms with Crippen LogP contribution >= 0.6 is 11.3 Å². The third-order valence-electron chi connectivity index (χ3n) is 2.59. The fourth-order valence-corrected chi connectivity index (χ4v) is 2.31. The van der Waals surface area contributed by atoms with E-state index < -0.39 is 6.43 Å². The number of halogens is 2. The normalized spacial score (nSPS) is 10.9. The lowest BCUT2D eigenvalue weighted by Gasteiger charge is -2.11. The van der Waals surface area contributed by atoms with Gasteiger partial charge in [-0.25, -0.2) is 13.8 Å². The van der Waals surface area contributed by atoms with Crippen LogP contribution in [0, 0.1) is 6.92 Å². The van der Waals surface area contributed by atoms with Crippen LogP contribution in [0.1, 0.15) is 22.6 Å². The lowest BCUT2D eigenvalue weighted by Crippen LogP contribution is -2.03. The molecule has 2 rings (SSSR count). The minimum absolute atomic E-state index is 0.0721. The van der Waals surface area contributed by atoms with Crippen molar-refractivity contribution < 1.29 is 8.78 Å². The van der Waals surface area contributed by atoms with Gasteiger partial charge in [-0.15, -0.1) is 11.3 Å². The first-order chi connectivity index (χ1) is 8.58. The summed E-state index contributed by atoms with van der Waals surface area (Å²) < 4.78 is 25.7. The number of nitrogens with two attached hydrogens (primary N) is 1. The fraction of sp³-hybridized carbons (Fsp3) is 0.250. The van der Waals surface area contributed by atoms with Crippen LogP contribution in [0.2, 0.25) is 0 Å². The number of nitrogens with zero attached hydrogens (tertiary/aromatic N) is 1. The molecule has 0 aliphatic rings. The number of benzene rings is 1. The zero-order valence-corrected chi connectivity index (χ0v) is 10.6. The molecule has 0 spiro atoms. The summed E-state index contributed by atoms with van der Waals surface area (Å²) in [5, 5.41) is 3.00. The maximum Gasteiger partial charge on any atom is 0.265 e. The lowest BCUT2D eigenvalue weighted by molar-refractivity contribution is 0.152. The van der Waals surface area contributed by atoms with Gasteiger partial charge < -0.3 is 11.1 Å². The van der Waals surface area contributed by atoms with Crippen LogP contribution < -0.4 is 11.1 Å². The van der Waals surface area contributed by atoms with E-state index in [1.807, 2.05) is 6.92 Å². The van der Waals surface area contributed by atoms with Crippen LogP contribution in [-0.2, 0) is 6.54 Å². The fourth-order valence-electron chi connectivity index (χ4n) is 1.59. The third-order valence-corrected chi connectivity index (χ3v) is 3.53. The van der Waals surface area contributed by atoms with E-state index >= 15 is 0 Å². The summed E-state index contributed by atoms with van der Waals surface area (Å²) in [6.45, 7) is 2.38. The Morgan fingerprint density at radius 1 is 1.44 bits per heavy atom. The van der Waals surface area contributed by atoms with Crippen molar-refractivity contribution in [3.63, 3.8) is 0 Å². The second kappa shape index (κ2) is 5.30. The van der Waals surface area contributed by atoms with E-state index in [-0.39, 0.29) is 5.56 Å². The molecule has 0 atom stereocenters. The Balaban J connectivity index is 2.16. The first-order valence-corrected chi connectivity index (χ1v) is 6.26. The lowest BCUT2D eigenvalue weighted by atomic mass is 10.1. The van der Waals surface area contributed by atoms with E-state index in [0.29, 0.717) is 17.9 Å². The van der Waals surface area contributed by atoms with Gasteiger partial charge in [0.05, 0.1) is 17.7 Å². The molecule has 0 amide bonds. The van der Waals surface area contributed by atoms with Gasteiger partial charge in [0.15, 0.2) is 0 Å². The predicted octanol–water partition coefficient (Wildman–Crippen LogP) is 3.58. The molecule has 0 bridgehead atoms. The quantitative estimate of drug-likeness (QED) is 0.834. The molecule has 1 aromatic heterocycles. The highest BCUT2D eigenvalue weighted by Gasteiger charge is 2.13. The molecule has 1 heterocycles. The summed E-state index contributed by atoms with van der Waals surface area (Å²) in [6.07, 6.45) is -2.54. The Morgan fingerprint density at radius 2 is 2.22 bits per heavy atom. The van der Waals surface area contributed by atoms with Gasteiger partial charge >= 0.3 is 0 Å². The number of nitrogens with one attached hydrogen (secondary N) is 1. The Morgan fingerprint density at radius 3 is 2.83 bits per heavy atom. The molecule has 6 heteroatoms. The van der Waals surface area contributed by atoms with Crippen molar-refractivity contribution in [3.05, 3.63) is 39.8 Å². The van der Waals surface area contributed by atoms with E-state index in [2.05, 4.69) is 10.3 Å². The third kappa shape index (κ3) is 2.76. The highest BCUT2D eigenvalue weighted by molar-refractivity contribution is 7.09. The molecule has 1 aromatic carbocycles. The minimum atomic E-state index is -2.54. The predicted molar refractivity (Wildman–Crippen MR) is 70.0 cm³/mol. The second-order valence-electron chi connectivity index (χ2n) is 3.86. The van der Waals surface area contributed by atoms with Crippen molar-refractivity contribution in [3.8, 4) is 0 Å².